The van der Waals surface area contributed by atoms with Gasteiger partial charge in [-0.25, -0.2) is 4.39 Å². The highest BCUT2D eigenvalue weighted by Gasteiger charge is 2.39. The summed E-state index contributed by atoms with van der Waals surface area (Å²) in [5.41, 5.74) is -1.34. The Bertz CT molecular complexity index is 1390. The number of imide groups is 1. The number of nitrogens with one attached hydrogen (secondary N) is 2. The first-order chi connectivity index (χ1) is 18.8. The molecule has 8 nitrogen and oxygen atoms in total. The number of halogens is 1. The molecule has 3 amide bonds. The summed E-state index contributed by atoms with van der Waals surface area (Å²) >= 11 is 0. The van der Waals surface area contributed by atoms with Crippen molar-refractivity contribution in [1.29, 1.82) is 0 Å². The second-order valence-corrected chi connectivity index (χ2v) is 8.11. The maximum atomic E-state index is 15.8. The van der Waals surface area contributed by atoms with Crippen LogP contribution in [0.5, 0.6) is 0 Å². The quantitative estimate of drug-likeness (QED) is 0.626. The van der Waals surface area contributed by atoms with E-state index in [1.807, 2.05) is 0 Å². The fourth-order valence-electron chi connectivity index (χ4n) is 4.10. The Balaban J connectivity index is 1.49. The summed E-state index contributed by atoms with van der Waals surface area (Å²) in [6, 6.07) is 6.59. The fraction of sp³-hybridized carbons (Fsp3) is 0.400. The molecule has 3 aliphatic heterocycles. The van der Waals surface area contributed by atoms with E-state index in [1.165, 1.54) is 41.3 Å². The molecular weight excluding hydrogens is 439 g/mol. The van der Waals surface area contributed by atoms with E-state index in [0.29, 0.717) is 0 Å². The smallest absolute Gasteiger partial charge is 0.255 e. The molecule has 3 aliphatic rings. The Morgan fingerprint density at radius 2 is 1.91 bits per heavy atom. The van der Waals surface area contributed by atoms with Gasteiger partial charge in [-0.2, -0.15) is 0 Å². The molecule has 9 heteroatoms. The number of rotatable bonds is 6. The zero-order valence-corrected chi connectivity index (χ0v) is 18.2. The number of morpholine rings is 1. The Kier molecular flexibility index (Phi) is 4.58. The van der Waals surface area contributed by atoms with Gasteiger partial charge >= 0.3 is 0 Å². The van der Waals surface area contributed by atoms with Crippen LogP contribution in [0, 0.1) is 5.82 Å². The molecule has 0 radical (unpaired) electrons. The lowest BCUT2D eigenvalue weighted by Gasteiger charge is -2.29. The van der Waals surface area contributed by atoms with Crippen LogP contribution in [0.25, 0.3) is 0 Å². The largest absolute Gasteiger partial charge is 0.381 e. The summed E-state index contributed by atoms with van der Waals surface area (Å²) in [5.74, 6) is -3.23. The van der Waals surface area contributed by atoms with Crippen molar-refractivity contribution in [1.82, 2.24) is 15.1 Å². The van der Waals surface area contributed by atoms with Gasteiger partial charge in [0.1, 0.15) is 11.9 Å². The second-order valence-electron chi connectivity index (χ2n) is 8.11. The lowest BCUT2D eigenvalue weighted by Crippen LogP contribution is -2.52. The molecule has 0 bridgehead atoms. The van der Waals surface area contributed by atoms with Crippen molar-refractivity contribution in [2.45, 2.75) is 38.4 Å². The first kappa shape index (κ1) is 16.3. The van der Waals surface area contributed by atoms with Gasteiger partial charge in [0.2, 0.25) is 11.8 Å². The third-order valence-corrected chi connectivity index (χ3v) is 5.89. The fourth-order valence-corrected chi connectivity index (χ4v) is 4.10. The van der Waals surface area contributed by atoms with E-state index in [1.54, 1.807) is 0 Å². The minimum atomic E-state index is -2.67. The van der Waals surface area contributed by atoms with Crippen LogP contribution in [0.3, 0.4) is 0 Å². The predicted molar refractivity (Wildman–Crippen MR) is 122 cm³/mol. The number of nitrogens with zero attached hydrogens (tertiary/aromatic N) is 2. The number of carbonyl (C=O) groups is 3. The van der Waals surface area contributed by atoms with E-state index < -0.39 is 54.6 Å². The van der Waals surface area contributed by atoms with Gasteiger partial charge in [-0.15, -0.1) is 0 Å². The molecule has 2 fully saturated rings. The van der Waals surface area contributed by atoms with E-state index >= 15 is 4.39 Å². The van der Waals surface area contributed by atoms with Crippen LogP contribution < -0.4 is 10.6 Å². The first-order valence-electron chi connectivity index (χ1n) is 14.0. The molecule has 2 saturated heterocycles. The van der Waals surface area contributed by atoms with Gasteiger partial charge in [0.25, 0.3) is 5.91 Å². The first-order valence-corrected chi connectivity index (χ1v) is 11.0. The van der Waals surface area contributed by atoms with Crippen LogP contribution in [0.2, 0.25) is 0 Å². The standard InChI is InChI=1S/C25H27FN4O4/c26-23-16(3-1-4-17(23)14-29-9-11-34-12-10-29)13-27-20-6-2-5-18-19(20)15-30(25(18)33)21-7-8-22(31)28-24(21)32/h1-6,21,27H,7-15H2,(H,28,31,32)/i13D2,14D2,15D2. The van der Waals surface area contributed by atoms with Crippen LogP contribution in [-0.2, 0) is 33.8 Å². The number of fused-ring (bicyclic) bond motifs is 1. The number of benzene rings is 2. The summed E-state index contributed by atoms with van der Waals surface area (Å²) in [5, 5.41) is 4.63. The van der Waals surface area contributed by atoms with Crippen molar-refractivity contribution in [2.75, 3.05) is 31.6 Å². The molecule has 2 aromatic carbocycles. The Labute approximate surface area is 205 Å². The molecule has 1 unspecified atom stereocenters. The molecule has 0 spiro atoms. The van der Waals surface area contributed by atoms with Crippen molar-refractivity contribution < 1.29 is 31.7 Å². The van der Waals surface area contributed by atoms with E-state index in [2.05, 4.69) is 10.6 Å². The minimum Gasteiger partial charge on any atom is -0.381 e. The summed E-state index contributed by atoms with van der Waals surface area (Å²) in [7, 11) is 0. The average Bonchev–Trinajstić information content (AvgIpc) is 3.10. The second kappa shape index (κ2) is 9.52. The van der Waals surface area contributed by atoms with Gasteiger partial charge in [-0.1, -0.05) is 24.3 Å². The molecule has 0 saturated carbocycles. The summed E-state index contributed by atoms with van der Waals surface area (Å²) in [6.07, 6.45) is -0.148. The van der Waals surface area contributed by atoms with Crippen molar-refractivity contribution >= 4 is 23.4 Å². The van der Waals surface area contributed by atoms with Gasteiger partial charge in [0.15, 0.2) is 0 Å². The molecule has 0 aromatic heterocycles. The molecule has 0 aliphatic carbocycles. The third kappa shape index (κ3) is 4.41. The van der Waals surface area contributed by atoms with Crippen LogP contribution in [0.1, 0.15) is 48.1 Å². The lowest BCUT2D eigenvalue weighted by molar-refractivity contribution is -0.136. The molecule has 2 N–H and O–H groups in total. The lowest BCUT2D eigenvalue weighted by atomic mass is 10.0. The van der Waals surface area contributed by atoms with Crippen molar-refractivity contribution in [3.05, 3.63) is 64.5 Å². The average molecular weight is 473 g/mol. The van der Waals surface area contributed by atoms with E-state index in [-0.39, 0.29) is 61.5 Å². The molecule has 5 rings (SSSR count). The molecule has 34 heavy (non-hydrogen) atoms. The minimum absolute atomic E-state index is 0.0728. The van der Waals surface area contributed by atoms with Crippen molar-refractivity contribution in [2.24, 2.45) is 0 Å². The topological polar surface area (TPSA) is 91.0 Å². The highest BCUT2D eigenvalue weighted by molar-refractivity contribution is 6.06. The number of piperidine rings is 1. The number of hydrogen-bond acceptors (Lipinski definition) is 6. The van der Waals surface area contributed by atoms with Crippen LogP contribution in [0.15, 0.2) is 36.4 Å². The maximum Gasteiger partial charge on any atom is 0.255 e. The number of hydrogen-bond donors (Lipinski definition) is 2. The van der Waals surface area contributed by atoms with Crippen molar-refractivity contribution in [3.63, 3.8) is 0 Å². The number of amides is 3. The normalized spacial score (nSPS) is 25.9. The van der Waals surface area contributed by atoms with E-state index in [4.69, 9.17) is 13.0 Å². The summed E-state index contributed by atoms with van der Waals surface area (Å²) in [6.45, 7) is -6.48. The van der Waals surface area contributed by atoms with Gasteiger partial charge < -0.3 is 15.0 Å². The summed E-state index contributed by atoms with van der Waals surface area (Å²) < 4.78 is 73.0. The number of ether oxygens (including phenoxy) is 1. The van der Waals surface area contributed by atoms with E-state index in [0.717, 1.165) is 4.90 Å². The predicted octanol–water partition coefficient (Wildman–Crippen LogP) is 2.03. The molecule has 2 aromatic rings. The Hall–Kier alpha value is -3.30. The number of carbonyl (C=O) groups excluding carboxylic acids is 3. The maximum absolute atomic E-state index is 15.8. The Morgan fingerprint density at radius 1 is 1.15 bits per heavy atom. The number of anilines is 1. The molecule has 178 valence electrons. The zero-order valence-electron chi connectivity index (χ0n) is 24.2. The molecule has 3 heterocycles. The van der Waals surface area contributed by atoms with Crippen LogP contribution in [-0.4, -0.2) is 59.9 Å². The van der Waals surface area contributed by atoms with Gasteiger partial charge in [-0.05, 0) is 18.6 Å². The molecule has 1 atom stereocenters. The van der Waals surface area contributed by atoms with Crippen LogP contribution in [0.4, 0.5) is 10.1 Å². The summed E-state index contributed by atoms with van der Waals surface area (Å²) in [4.78, 5) is 39.5. The monoisotopic (exact) mass is 472 g/mol. The third-order valence-electron chi connectivity index (χ3n) is 5.89. The highest BCUT2D eigenvalue weighted by Crippen LogP contribution is 2.32. The van der Waals surface area contributed by atoms with Gasteiger partial charge in [-0.3, -0.25) is 24.6 Å². The van der Waals surface area contributed by atoms with Crippen molar-refractivity contribution in [3.8, 4) is 0 Å². The van der Waals surface area contributed by atoms with Gasteiger partial charge in [0, 0.05) is 69.7 Å². The Morgan fingerprint density at radius 3 is 2.71 bits per heavy atom. The molecular formula is C25H27FN4O4. The SMILES string of the molecule is [2H]C([2H])(Nc1cccc2c1C([2H])([2H])N(C1CCC(=O)NC1=O)C2=O)c1cccc(C([2H])([2H])N2CCOCC2)c1F. The van der Waals surface area contributed by atoms with Gasteiger partial charge in [0.05, 0.1) is 18.7 Å². The zero-order chi connectivity index (χ0) is 29.0. The van der Waals surface area contributed by atoms with Crippen LogP contribution >= 0.6 is 0 Å². The highest BCUT2D eigenvalue weighted by atomic mass is 19.1. The van der Waals surface area contributed by atoms with E-state index in [9.17, 15) is 14.4 Å².